The van der Waals surface area contributed by atoms with Crippen LogP contribution in [0.2, 0.25) is 0 Å². The van der Waals surface area contributed by atoms with Crippen LogP contribution in [-0.4, -0.2) is 47.1 Å². The summed E-state index contributed by atoms with van der Waals surface area (Å²) in [6, 6.07) is 1.88. The summed E-state index contributed by atoms with van der Waals surface area (Å²) in [5.41, 5.74) is 0.0678. The van der Waals surface area contributed by atoms with Crippen molar-refractivity contribution in [2.45, 2.75) is 45.1 Å². The van der Waals surface area contributed by atoms with Gasteiger partial charge in [0.05, 0.1) is 5.54 Å². The number of unbranched alkanes of at least 4 members (excludes halogenated alkanes) is 1. The molecule has 1 aliphatic heterocycles. The van der Waals surface area contributed by atoms with Crippen LogP contribution < -0.4 is 10.6 Å². The van der Waals surface area contributed by atoms with Gasteiger partial charge in [0.2, 0.25) is 5.95 Å². The number of aromatic nitrogens is 2. The number of piperidine rings is 1. The largest absolute Gasteiger partial charge is 0.373 e. The van der Waals surface area contributed by atoms with E-state index in [1.807, 2.05) is 13.1 Å². The van der Waals surface area contributed by atoms with Crippen molar-refractivity contribution < 1.29 is 0 Å². The van der Waals surface area contributed by atoms with Gasteiger partial charge in [0, 0.05) is 19.8 Å². The normalized spacial score (nSPS) is 23.6. The van der Waals surface area contributed by atoms with Gasteiger partial charge < -0.3 is 15.5 Å². The van der Waals surface area contributed by atoms with Gasteiger partial charge in [-0.05, 0) is 45.3 Å². The van der Waals surface area contributed by atoms with Crippen molar-refractivity contribution in [3.05, 3.63) is 12.3 Å². The quantitative estimate of drug-likeness (QED) is 0.837. The van der Waals surface area contributed by atoms with Crippen LogP contribution in [0, 0.1) is 0 Å². The van der Waals surface area contributed by atoms with Gasteiger partial charge in [-0.15, -0.1) is 0 Å². The molecule has 0 saturated carbocycles. The van der Waals surface area contributed by atoms with E-state index in [9.17, 15) is 0 Å². The first-order valence-corrected chi connectivity index (χ1v) is 7.66. The van der Waals surface area contributed by atoms with Gasteiger partial charge in [0.15, 0.2) is 0 Å². The van der Waals surface area contributed by atoms with E-state index in [0.717, 1.165) is 18.3 Å². The highest BCUT2D eigenvalue weighted by atomic mass is 15.2. The predicted octanol–water partition coefficient (Wildman–Crippen LogP) is 2.58. The molecule has 0 bridgehead atoms. The molecule has 20 heavy (non-hydrogen) atoms. The summed E-state index contributed by atoms with van der Waals surface area (Å²) in [6.45, 7) is 8.01. The Morgan fingerprint density at radius 1 is 1.45 bits per heavy atom. The average Bonchev–Trinajstić information content (AvgIpc) is 2.45. The topological polar surface area (TPSA) is 53.1 Å². The lowest BCUT2D eigenvalue weighted by Crippen LogP contribution is -2.51. The zero-order valence-electron chi connectivity index (χ0n) is 12.9. The molecular formula is C15H27N5. The molecular weight excluding hydrogens is 250 g/mol. The van der Waals surface area contributed by atoms with Gasteiger partial charge >= 0.3 is 0 Å². The lowest BCUT2D eigenvalue weighted by Gasteiger charge is -2.41. The number of hydrogen-bond acceptors (Lipinski definition) is 5. The van der Waals surface area contributed by atoms with Crippen molar-refractivity contribution >= 4 is 11.8 Å². The molecule has 1 saturated heterocycles. The fourth-order valence-corrected chi connectivity index (χ4v) is 2.85. The Morgan fingerprint density at radius 3 is 3.05 bits per heavy atom. The molecule has 2 heterocycles. The van der Waals surface area contributed by atoms with Crippen molar-refractivity contribution in [1.82, 2.24) is 14.9 Å². The minimum atomic E-state index is 0.0678. The third kappa shape index (κ3) is 4.07. The first-order valence-electron chi connectivity index (χ1n) is 7.66. The second-order valence-corrected chi connectivity index (χ2v) is 5.93. The highest BCUT2D eigenvalue weighted by Crippen LogP contribution is 2.24. The van der Waals surface area contributed by atoms with Crippen LogP contribution in [0.15, 0.2) is 12.3 Å². The number of nitrogens with zero attached hydrogens (tertiary/aromatic N) is 3. The van der Waals surface area contributed by atoms with Crippen molar-refractivity contribution in [3.63, 3.8) is 0 Å². The second-order valence-electron chi connectivity index (χ2n) is 5.93. The highest BCUT2D eigenvalue weighted by molar-refractivity contribution is 5.40. The van der Waals surface area contributed by atoms with E-state index in [1.54, 1.807) is 6.20 Å². The van der Waals surface area contributed by atoms with E-state index in [2.05, 4.69) is 39.3 Å². The maximum absolute atomic E-state index is 4.47. The Bertz CT molecular complexity index is 422. The van der Waals surface area contributed by atoms with E-state index < -0.39 is 0 Å². The summed E-state index contributed by atoms with van der Waals surface area (Å²) < 4.78 is 0. The van der Waals surface area contributed by atoms with Crippen molar-refractivity contribution in [2.24, 2.45) is 0 Å². The minimum Gasteiger partial charge on any atom is -0.373 e. The molecule has 2 N–H and O–H groups in total. The fourth-order valence-electron chi connectivity index (χ4n) is 2.85. The maximum Gasteiger partial charge on any atom is 0.225 e. The first-order chi connectivity index (χ1) is 9.65. The van der Waals surface area contributed by atoms with Gasteiger partial charge in [-0.1, -0.05) is 13.3 Å². The molecule has 5 heteroatoms. The SMILES string of the molecule is CCCCN1CCCC(C)(Nc2nccc(NC)n2)C1. The Balaban J connectivity index is 1.98. The number of anilines is 2. The molecule has 1 aromatic heterocycles. The molecule has 0 radical (unpaired) electrons. The number of likely N-dealkylation sites (tertiary alicyclic amines) is 1. The molecule has 0 spiro atoms. The van der Waals surface area contributed by atoms with Crippen molar-refractivity contribution in [1.29, 1.82) is 0 Å². The lowest BCUT2D eigenvalue weighted by molar-refractivity contribution is 0.169. The molecule has 5 nitrogen and oxygen atoms in total. The molecule has 0 amide bonds. The summed E-state index contributed by atoms with van der Waals surface area (Å²) in [5, 5.41) is 6.59. The molecule has 1 aromatic rings. The van der Waals surface area contributed by atoms with Crippen LogP contribution >= 0.6 is 0 Å². The van der Waals surface area contributed by atoms with E-state index >= 15 is 0 Å². The smallest absolute Gasteiger partial charge is 0.225 e. The Labute approximate surface area is 122 Å². The fraction of sp³-hybridized carbons (Fsp3) is 0.733. The average molecular weight is 277 g/mol. The Kier molecular flexibility index (Phi) is 5.17. The highest BCUT2D eigenvalue weighted by Gasteiger charge is 2.31. The third-order valence-electron chi connectivity index (χ3n) is 3.93. The summed E-state index contributed by atoms with van der Waals surface area (Å²) in [6.07, 6.45) is 6.74. The molecule has 112 valence electrons. The van der Waals surface area contributed by atoms with Crippen LogP contribution in [0.25, 0.3) is 0 Å². The maximum atomic E-state index is 4.47. The van der Waals surface area contributed by atoms with Crippen LogP contribution in [0.1, 0.15) is 39.5 Å². The number of nitrogens with one attached hydrogen (secondary N) is 2. The first kappa shape index (κ1) is 15.0. The summed E-state index contributed by atoms with van der Waals surface area (Å²) >= 11 is 0. The molecule has 1 aliphatic rings. The zero-order valence-corrected chi connectivity index (χ0v) is 12.9. The van der Waals surface area contributed by atoms with Gasteiger partial charge in [-0.25, -0.2) is 4.98 Å². The number of rotatable bonds is 6. The van der Waals surface area contributed by atoms with Gasteiger partial charge in [-0.2, -0.15) is 4.98 Å². The summed E-state index contributed by atoms with van der Waals surface area (Å²) in [4.78, 5) is 11.4. The molecule has 2 rings (SSSR count). The predicted molar refractivity (Wildman–Crippen MR) is 84.2 cm³/mol. The lowest BCUT2D eigenvalue weighted by atomic mass is 9.91. The van der Waals surface area contributed by atoms with E-state index in [4.69, 9.17) is 0 Å². The third-order valence-corrected chi connectivity index (χ3v) is 3.93. The van der Waals surface area contributed by atoms with Crippen LogP contribution in [0.4, 0.5) is 11.8 Å². The van der Waals surface area contributed by atoms with Gasteiger partial charge in [0.1, 0.15) is 5.82 Å². The number of hydrogen-bond donors (Lipinski definition) is 2. The Hall–Kier alpha value is -1.36. The van der Waals surface area contributed by atoms with E-state index in [1.165, 1.54) is 38.8 Å². The van der Waals surface area contributed by atoms with E-state index in [-0.39, 0.29) is 5.54 Å². The van der Waals surface area contributed by atoms with Gasteiger partial charge in [0.25, 0.3) is 0 Å². The standard InChI is InChI=1S/C15H27N5/c1-4-5-10-20-11-6-8-15(2,12-20)19-14-17-9-7-13(16-3)18-14/h7,9H,4-6,8,10-12H2,1-3H3,(H2,16,17,18,19). The molecule has 0 aliphatic carbocycles. The van der Waals surface area contributed by atoms with Crippen LogP contribution in [0.5, 0.6) is 0 Å². The summed E-state index contributed by atoms with van der Waals surface area (Å²) in [5.74, 6) is 1.57. The van der Waals surface area contributed by atoms with Crippen molar-refractivity contribution in [2.75, 3.05) is 37.3 Å². The molecule has 1 unspecified atom stereocenters. The van der Waals surface area contributed by atoms with Crippen LogP contribution in [0.3, 0.4) is 0 Å². The second kappa shape index (κ2) is 6.88. The minimum absolute atomic E-state index is 0.0678. The molecule has 0 aromatic carbocycles. The van der Waals surface area contributed by atoms with Crippen molar-refractivity contribution in [3.8, 4) is 0 Å². The summed E-state index contributed by atoms with van der Waals surface area (Å²) in [7, 11) is 1.88. The molecule has 1 atom stereocenters. The van der Waals surface area contributed by atoms with Gasteiger partial charge in [-0.3, -0.25) is 0 Å². The zero-order chi connectivity index (χ0) is 14.4. The molecule has 1 fully saturated rings. The monoisotopic (exact) mass is 277 g/mol. The van der Waals surface area contributed by atoms with Crippen LogP contribution in [-0.2, 0) is 0 Å². The Morgan fingerprint density at radius 2 is 2.30 bits per heavy atom. The van der Waals surface area contributed by atoms with E-state index in [0.29, 0.717) is 0 Å².